The number of fused-ring (bicyclic) bond motifs is 1. The van der Waals surface area contributed by atoms with Crippen LogP contribution in [0, 0.1) is 0 Å². The number of alkyl halides is 3. The number of hydrogen-bond donors (Lipinski definition) is 2. The van der Waals surface area contributed by atoms with Crippen LogP contribution in [-0.2, 0) is 0 Å². The lowest BCUT2D eigenvalue weighted by molar-refractivity contribution is -0.883. The van der Waals surface area contributed by atoms with Gasteiger partial charge in [-0.25, -0.2) is 4.68 Å². The van der Waals surface area contributed by atoms with Gasteiger partial charge >= 0.3 is 6.18 Å². The molecule has 2 aliphatic rings. The Morgan fingerprint density at radius 1 is 1.24 bits per heavy atom. The zero-order chi connectivity index (χ0) is 20.8. The fourth-order valence-electron chi connectivity index (χ4n) is 3.85. The second-order valence-electron chi connectivity index (χ2n) is 7.65. The predicted molar refractivity (Wildman–Crippen MR) is 102 cm³/mol. The minimum atomic E-state index is -4.48. The van der Waals surface area contributed by atoms with E-state index in [2.05, 4.69) is 10.4 Å². The third-order valence-electron chi connectivity index (χ3n) is 5.59. The Kier molecular flexibility index (Phi) is 5.20. The van der Waals surface area contributed by atoms with Gasteiger partial charge in [-0.15, -0.1) is 0 Å². The summed E-state index contributed by atoms with van der Waals surface area (Å²) >= 11 is 5.90. The number of amides is 1. The number of carbonyl (C=O) groups is 1. The van der Waals surface area contributed by atoms with E-state index in [-0.39, 0.29) is 23.8 Å². The summed E-state index contributed by atoms with van der Waals surface area (Å²) in [5, 5.41) is 7.67. The van der Waals surface area contributed by atoms with Gasteiger partial charge in [0, 0.05) is 17.5 Å². The summed E-state index contributed by atoms with van der Waals surface area (Å²) in [4.78, 5) is 15.8. The van der Waals surface area contributed by atoms with Crippen molar-refractivity contribution in [2.24, 2.45) is 0 Å². The minimum Gasteiger partial charge on any atom is -0.363 e. The standard InChI is InChI=1S/C19H21ClF3N5O/c1-26-6-8-27(9-7-26)18(29)15-11-17-24-14(12-2-4-13(20)5-3-12)10-16(19(21,22)23)28(17)25-15/h2-5,11,14,16,24H,6-10H2,1H3/p+1. The first-order valence-corrected chi connectivity index (χ1v) is 9.89. The number of aromatic nitrogens is 2. The van der Waals surface area contributed by atoms with Crippen molar-refractivity contribution in [3.63, 3.8) is 0 Å². The Morgan fingerprint density at radius 2 is 1.90 bits per heavy atom. The molecule has 0 saturated carbocycles. The van der Waals surface area contributed by atoms with E-state index in [0.29, 0.717) is 23.7 Å². The monoisotopic (exact) mass is 428 g/mol. The number of quaternary nitrogens is 1. The summed E-state index contributed by atoms with van der Waals surface area (Å²) in [6, 6.07) is 5.77. The fraction of sp³-hybridized carbons (Fsp3) is 0.474. The summed E-state index contributed by atoms with van der Waals surface area (Å²) in [5.74, 6) is -0.133. The molecule has 2 unspecified atom stereocenters. The number of piperazine rings is 1. The van der Waals surface area contributed by atoms with Gasteiger partial charge in [-0.2, -0.15) is 18.3 Å². The lowest BCUT2D eigenvalue weighted by Gasteiger charge is -2.33. The van der Waals surface area contributed by atoms with Crippen LogP contribution in [0.5, 0.6) is 0 Å². The van der Waals surface area contributed by atoms with Crippen molar-refractivity contribution in [1.82, 2.24) is 14.7 Å². The molecular formula is C19H22ClF3N5O+. The van der Waals surface area contributed by atoms with Gasteiger partial charge in [-0.3, -0.25) is 4.79 Å². The molecule has 1 amide bonds. The van der Waals surface area contributed by atoms with Crippen LogP contribution < -0.4 is 10.2 Å². The van der Waals surface area contributed by atoms with Crippen molar-refractivity contribution >= 4 is 23.3 Å². The Morgan fingerprint density at radius 3 is 2.52 bits per heavy atom. The number of benzene rings is 1. The van der Waals surface area contributed by atoms with Gasteiger partial charge in [0.15, 0.2) is 11.7 Å². The molecule has 0 spiro atoms. The molecule has 0 bridgehead atoms. The SMILES string of the molecule is C[NH+]1CCN(C(=O)c2cc3n(n2)C(C(F)(F)F)CC(c2ccc(Cl)cc2)N3)CC1. The highest BCUT2D eigenvalue weighted by atomic mass is 35.5. The van der Waals surface area contributed by atoms with Gasteiger partial charge in [-0.1, -0.05) is 23.7 Å². The van der Waals surface area contributed by atoms with Crippen molar-refractivity contribution < 1.29 is 22.9 Å². The maximum Gasteiger partial charge on any atom is 0.410 e. The highest BCUT2D eigenvalue weighted by Crippen LogP contribution is 2.43. The highest BCUT2D eigenvalue weighted by Gasteiger charge is 2.47. The maximum atomic E-state index is 13.8. The Bertz CT molecular complexity index is 890. The predicted octanol–water partition coefficient (Wildman–Crippen LogP) is 2.17. The number of nitrogens with one attached hydrogen (secondary N) is 2. The first-order valence-electron chi connectivity index (χ1n) is 9.51. The molecule has 1 aromatic heterocycles. The molecule has 1 fully saturated rings. The minimum absolute atomic E-state index is 0.0399. The molecule has 2 aliphatic heterocycles. The molecule has 0 aliphatic carbocycles. The number of likely N-dealkylation sites (N-methyl/N-ethyl adjacent to an activating group) is 1. The number of rotatable bonds is 2. The summed E-state index contributed by atoms with van der Waals surface area (Å²) in [5.41, 5.74) is 0.740. The number of nitrogens with zero attached hydrogens (tertiary/aromatic N) is 3. The van der Waals surface area contributed by atoms with Crippen molar-refractivity contribution in [1.29, 1.82) is 0 Å². The van der Waals surface area contributed by atoms with Crippen LogP contribution in [0.2, 0.25) is 5.02 Å². The third-order valence-corrected chi connectivity index (χ3v) is 5.84. The average molecular weight is 429 g/mol. The molecule has 0 radical (unpaired) electrons. The molecule has 156 valence electrons. The van der Waals surface area contributed by atoms with E-state index in [1.165, 1.54) is 11.0 Å². The number of halogens is 4. The Labute approximate surface area is 171 Å². The van der Waals surface area contributed by atoms with Gasteiger partial charge in [0.2, 0.25) is 0 Å². The fourth-order valence-corrected chi connectivity index (χ4v) is 3.97. The van der Waals surface area contributed by atoms with Crippen LogP contribution in [0.15, 0.2) is 30.3 Å². The van der Waals surface area contributed by atoms with Crippen LogP contribution in [0.1, 0.15) is 34.6 Å². The molecule has 29 heavy (non-hydrogen) atoms. The van der Waals surface area contributed by atoms with Crippen LogP contribution >= 0.6 is 11.6 Å². The highest BCUT2D eigenvalue weighted by molar-refractivity contribution is 6.30. The van der Waals surface area contributed by atoms with Crippen LogP contribution in [0.25, 0.3) is 0 Å². The Balaban J connectivity index is 1.63. The van der Waals surface area contributed by atoms with Gasteiger partial charge in [0.25, 0.3) is 5.91 Å². The maximum absolute atomic E-state index is 13.8. The van der Waals surface area contributed by atoms with Gasteiger partial charge < -0.3 is 15.1 Å². The van der Waals surface area contributed by atoms with Crippen LogP contribution in [0.3, 0.4) is 0 Å². The molecule has 10 heteroatoms. The zero-order valence-electron chi connectivity index (χ0n) is 15.8. The molecule has 1 aromatic carbocycles. The second-order valence-corrected chi connectivity index (χ2v) is 8.09. The number of hydrogen-bond acceptors (Lipinski definition) is 3. The summed E-state index contributed by atoms with van der Waals surface area (Å²) in [6.45, 7) is 2.75. The topological polar surface area (TPSA) is 54.6 Å². The van der Waals surface area contributed by atoms with Gasteiger partial charge in [0.05, 0.1) is 39.3 Å². The lowest BCUT2D eigenvalue weighted by Crippen LogP contribution is -3.12. The zero-order valence-corrected chi connectivity index (χ0v) is 16.6. The molecule has 6 nitrogen and oxygen atoms in total. The van der Waals surface area contributed by atoms with E-state index in [1.54, 1.807) is 29.2 Å². The third kappa shape index (κ3) is 4.06. The largest absolute Gasteiger partial charge is 0.410 e. The number of carbonyl (C=O) groups excluding carboxylic acids is 1. The van der Waals surface area contributed by atoms with Crippen LogP contribution in [0.4, 0.5) is 19.0 Å². The molecule has 4 rings (SSSR count). The van der Waals surface area contributed by atoms with Crippen molar-refractivity contribution in [3.05, 3.63) is 46.6 Å². The van der Waals surface area contributed by atoms with E-state index in [9.17, 15) is 18.0 Å². The first-order chi connectivity index (χ1) is 13.7. The van der Waals surface area contributed by atoms with E-state index >= 15 is 0 Å². The average Bonchev–Trinajstić information content (AvgIpc) is 3.11. The molecule has 2 aromatic rings. The van der Waals surface area contributed by atoms with E-state index in [1.807, 2.05) is 7.05 Å². The van der Waals surface area contributed by atoms with Crippen molar-refractivity contribution in [2.75, 3.05) is 38.5 Å². The normalized spacial score (nSPS) is 22.9. The lowest BCUT2D eigenvalue weighted by atomic mass is 9.97. The van der Waals surface area contributed by atoms with E-state index in [4.69, 9.17) is 11.6 Å². The van der Waals surface area contributed by atoms with Crippen molar-refractivity contribution in [2.45, 2.75) is 24.7 Å². The van der Waals surface area contributed by atoms with Gasteiger partial charge in [-0.05, 0) is 17.7 Å². The van der Waals surface area contributed by atoms with Crippen molar-refractivity contribution in [3.8, 4) is 0 Å². The Hall–Kier alpha value is -2.26. The van der Waals surface area contributed by atoms with E-state index < -0.39 is 18.3 Å². The summed E-state index contributed by atoms with van der Waals surface area (Å²) < 4.78 is 42.2. The van der Waals surface area contributed by atoms with Gasteiger partial charge in [0.1, 0.15) is 5.82 Å². The smallest absolute Gasteiger partial charge is 0.363 e. The quantitative estimate of drug-likeness (QED) is 0.771. The van der Waals surface area contributed by atoms with Crippen LogP contribution in [-0.4, -0.2) is 60.0 Å². The molecular weight excluding hydrogens is 407 g/mol. The first kappa shape index (κ1) is 20.0. The summed E-state index contributed by atoms with van der Waals surface area (Å²) in [7, 11) is 2.05. The second kappa shape index (κ2) is 7.53. The molecule has 2 atom stereocenters. The number of anilines is 1. The molecule has 3 heterocycles. The van der Waals surface area contributed by atoms with E-state index in [0.717, 1.165) is 17.8 Å². The summed E-state index contributed by atoms with van der Waals surface area (Å²) in [6.07, 6.45) is -4.70. The molecule has 1 saturated heterocycles. The molecule has 2 N–H and O–H groups in total.